The zero-order chi connectivity index (χ0) is 26.2. The number of Topliss-reactive ketones (excluding diaryl/α,β-unsaturated/α-hetero) is 1. The maximum absolute atomic E-state index is 13.0. The number of hydrogen-bond acceptors (Lipinski definition) is 7. The molecule has 3 N–H and O–H groups in total. The van der Waals surface area contributed by atoms with E-state index in [9.17, 15) is 9.59 Å². The van der Waals surface area contributed by atoms with Gasteiger partial charge in [-0.15, -0.1) is 0 Å². The highest BCUT2D eigenvalue weighted by Gasteiger charge is 2.12. The van der Waals surface area contributed by atoms with E-state index in [1.165, 1.54) is 6.33 Å². The van der Waals surface area contributed by atoms with Gasteiger partial charge in [-0.3, -0.25) is 9.59 Å². The summed E-state index contributed by atoms with van der Waals surface area (Å²) in [5.74, 6) is 0.815. The number of amides is 1. The Balaban J connectivity index is 1.40. The van der Waals surface area contributed by atoms with E-state index < -0.39 is 5.91 Å². The predicted molar refractivity (Wildman–Crippen MR) is 145 cm³/mol. The number of nitrogens with one attached hydrogen (secondary N) is 1. The fraction of sp³-hybridized carbons (Fsp3) is 0.241. The topological polar surface area (TPSA) is 110 Å². The summed E-state index contributed by atoms with van der Waals surface area (Å²) in [4.78, 5) is 35.4. The number of para-hydroxylation sites is 1. The van der Waals surface area contributed by atoms with Crippen molar-refractivity contribution >= 4 is 28.4 Å². The number of primary amides is 1. The van der Waals surface area contributed by atoms with E-state index in [1.54, 1.807) is 12.1 Å². The molecule has 4 aromatic rings. The fourth-order valence-corrected chi connectivity index (χ4v) is 4.08. The van der Waals surface area contributed by atoms with Gasteiger partial charge in [-0.2, -0.15) is 0 Å². The summed E-state index contributed by atoms with van der Waals surface area (Å²) < 4.78 is 5.82. The summed E-state index contributed by atoms with van der Waals surface area (Å²) in [7, 11) is 4.06. The third-order valence-corrected chi connectivity index (χ3v) is 5.92. The summed E-state index contributed by atoms with van der Waals surface area (Å²) in [6.45, 7) is 2.05. The van der Waals surface area contributed by atoms with Crippen molar-refractivity contribution < 1.29 is 14.3 Å². The molecular weight excluding hydrogens is 466 g/mol. The van der Waals surface area contributed by atoms with Crippen LogP contribution in [0.1, 0.15) is 38.3 Å². The first-order valence-electron chi connectivity index (χ1n) is 12.2. The van der Waals surface area contributed by atoms with Crippen molar-refractivity contribution in [2.75, 3.05) is 32.6 Å². The van der Waals surface area contributed by atoms with Crippen LogP contribution < -0.4 is 15.8 Å². The van der Waals surface area contributed by atoms with E-state index in [-0.39, 0.29) is 12.2 Å². The molecule has 0 fully saturated rings. The zero-order valence-electron chi connectivity index (χ0n) is 21.1. The molecule has 0 atom stereocenters. The highest BCUT2D eigenvalue weighted by Crippen LogP contribution is 2.23. The summed E-state index contributed by atoms with van der Waals surface area (Å²) in [6, 6.07) is 20.5. The van der Waals surface area contributed by atoms with Crippen molar-refractivity contribution in [2.45, 2.75) is 19.4 Å². The number of benzene rings is 3. The van der Waals surface area contributed by atoms with Gasteiger partial charge in [0.15, 0.2) is 5.78 Å². The molecule has 0 saturated heterocycles. The predicted octanol–water partition coefficient (Wildman–Crippen LogP) is 4.10. The number of hydrogen-bond donors (Lipinski definition) is 2. The smallest absolute Gasteiger partial charge is 0.250 e. The Kier molecular flexibility index (Phi) is 8.43. The van der Waals surface area contributed by atoms with Gasteiger partial charge < -0.3 is 20.7 Å². The number of carbonyl (C=O) groups excluding carboxylic acids is 2. The van der Waals surface area contributed by atoms with E-state index in [0.29, 0.717) is 46.7 Å². The van der Waals surface area contributed by atoms with Crippen molar-refractivity contribution in [3.05, 3.63) is 95.3 Å². The minimum absolute atomic E-state index is 0.0321. The molecule has 1 amide bonds. The summed E-state index contributed by atoms with van der Waals surface area (Å²) in [6.07, 6.45) is 2.62. The van der Waals surface area contributed by atoms with E-state index in [2.05, 4.69) is 20.2 Å². The lowest BCUT2D eigenvalue weighted by Crippen LogP contribution is -2.15. The molecule has 1 aromatic heterocycles. The second-order valence-corrected chi connectivity index (χ2v) is 9.09. The van der Waals surface area contributed by atoms with Crippen LogP contribution in [0.15, 0.2) is 73.1 Å². The molecule has 0 unspecified atom stereocenters. The van der Waals surface area contributed by atoms with Gasteiger partial charge >= 0.3 is 0 Å². The monoisotopic (exact) mass is 497 g/mol. The van der Waals surface area contributed by atoms with Gasteiger partial charge in [-0.05, 0) is 55.9 Å². The third-order valence-electron chi connectivity index (χ3n) is 5.92. The standard InChI is InChI=1S/C29H31N5O3/c1-34(2)13-6-14-37-23-10-4-9-22(17-23)26(35)16-20-7-3-8-21(15-20)18-31-29-25-12-5-11-24(28(30)36)27(25)32-19-33-29/h3-5,7-12,15,17,19H,6,13-14,16,18H2,1-2H3,(H2,30,36)(H,31,32,33). The zero-order valence-corrected chi connectivity index (χ0v) is 21.1. The van der Waals surface area contributed by atoms with Crippen molar-refractivity contribution in [1.29, 1.82) is 0 Å². The molecule has 0 saturated carbocycles. The third kappa shape index (κ3) is 6.89. The van der Waals surface area contributed by atoms with E-state index in [0.717, 1.165) is 24.1 Å². The van der Waals surface area contributed by atoms with Gasteiger partial charge in [-0.25, -0.2) is 9.97 Å². The number of anilines is 1. The molecule has 0 bridgehead atoms. The molecule has 1 heterocycles. The molecule has 3 aromatic carbocycles. The molecule has 8 nitrogen and oxygen atoms in total. The number of carbonyl (C=O) groups is 2. The maximum Gasteiger partial charge on any atom is 0.250 e. The van der Waals surface area contributed by atoms with Gasteiger partial charge in [0.2, 0.25) is 0 Å². The molecule has 0 aliphatic rings. The number of ether oxygens (including phenoxy) is 1. The van der Waals surface area contributed by atoms with Crippen LogP contribution in [0.2, 0.25) is 0 Å². The van der Waals surface area contributed by atoms with Crippen molar-refractivity contribution in [2.24, 2.45) is 5.73 Å². The number of ketones is 1. The molecule has 190 valence electrons. The van der Waals surface area contributed by atoms with Crippen LogP contribution in [0, 0.1) is 0 Å². The van der Waals surface area contributed by atoms with Crippen LogP contribution in [0.3, 0.4) is 0 Å². The molecule has 8 heteroatoms. The van der Waals surface area contributed by atoms with E-state index >= 15 is 0 Å². The van der Waals surface area contributed by atoms with Gasteiger partial charge in [0.1, 0.15) is 17.9 Å². The van der Waals surface area contributed by atoms with Crippen molar-refractivity contribution in [1.82, 2.24) is 14.9 Å². The minimum Gasteiger partial charge on any atom is -0.494 e. The number of nitrogens with two attached hydrogens (primary N) is 1. The number of aromatic nitrogens is 2. The Morgan fingerprint density at radius 1 is 0.973 bits per heavy atom. The normalized spacial score (nSPS) is 11.0. The van der Waals surface area contributed by atoms with Crippen LogP contribution in [0.4, 0.5) is 5.82 Å². The lowest BCUT2D eigenvalue weighted by Gasteiger charge is -2.11. The molecule has 4 rings (SSSR count). The molecule has 37 heavy (non-hydrogen) atoms. The van der Waals surface area contributed by atoms with E-state index in [4.69, 9.17) is 10.5 Å². The first-order valence-corrected chi connectivity index (χ1v) is 12.2. The average molecular weight is 498 g/mol. The van der Waals surface area contributed by atoms with Crippen LogP contribution in [-0.4, -0.2) is 53.8 Å². The number of nitrogens with zero attached hydrogens (tertiary/aromatic N) is 3. The van der Waals surface area contributed by atoms with Crippen LogP contribution in [0.5, 0.6) is 5.75 Å². The van der Waals surface area contributed by atoms with Gasteiger partial charge in [0, 0.05) is 30.5 Å². The highest BCUT2D eigenvalue weighted by molar-refractivity contribution is 6.06. The molecule has 0 aliphatic heterocycles. The minimum atomic E-state index is -0.533. The Bertz CT molecular complexity index is 1400. The first kappa shape index (κ1) is 25.8. The SMILES string of the molecule is CN(C)CCCOc1cccc(C(=O)Cc2cccc(CNc3ncnc4c(C(N)=O)cccc34)c2)c1. The lowest BCUT2D eigenvalue weighted by atomic mass is 10.0. The Labute approximate surface area is 216 Å². The first-order chi connectivity index (χ1) is 17.9. The summed E-state index contributed by atoms with van der Waals surface area (Å²) >= 11 is 0. The Morgan fingerprint density at radius 2 is 1.76 bits per heavy atom. The second kappa shape index (κ2) is 12.1. The summed E-state index contributed by atoms with van der Waals surface area (Å²) in [5, 5.41) is 4.03. The Hall–Kier alpha value is -4.30. The molecular formula is C29H31N5O3. The average Bonchev–Trinajstić information content (AvgIpc) is 2.89. The molecule has 0 aliphatic carbocycles. The van der Waals surface area contributed by atoms with Gasteiger partial charge in [0.05, 0.1) is 17.7 Å². The second-order valence-electron chi connectivity index (χ2n) is 9.09. The van der Waals surface area contributed by atoms with Gasteiger partial charge in [0.25, 0.3) is 5.91 Å². The lowest BCUT2D eigenvalue weighted by molar-refractivity contribution is 0.0987. The number of fused-ring (bicyclic) bond motifs is 1. The number of rotatable bonds is 12. The van der Waals surface area contributed by atoms with Crippen molar-refractivity contribution in [3.63, 3.8) is 0 Å². The fourth-order valence-electron chi connectivity index (χ4n) is 4.08. The summed E-state index contributed by atoms with van der Waals surface area (Å²) in [5.41, 5.74) is 8.90. The maximum atomic E-state index is 13.0. The quantitative estimate of drug-likeness (QED) is 0.224. The van der Waals surface area contributed by atoms with Gasteiger partial charge in [-0.1, -0.05) is 42.5 Å². The Morgan fingerprint density at radius 3 is 2.57 bits per heavy atom. The largest absolute Gasteiger partial charge is 0.494 e. The van der Waals surface area contributed by atoms with E-state index in [1.807, 2.05) is 68.7 Å². The molecule has 0 spiro atoms. The molecule has 0 radical (unpaired) electrons. The van der Waals surface area contributed by atoms with Crippen molar-refractivity contribution in [3.8, 4) is 5.75 Å². The van der Waals surface area contributed by atoms with Crippen LogP contribution >= 0.6 is 0 Å². The van der Waals surface area contributed by atoms with Crippen LogP contribution in [-0.2, 0) is 13.0 Å². The van der Waals surface area contributed by atoms with Crippen LogP contribution in [0.25, 0.3) is 10.9 Å². The highest BCUT2D eigenvalue weighted by atomic mass is 16.5.